The van der Waals surface area contributed by atoms with Crippen LogP contribution in [-0.4, -0.2) is 25.2 Å². The molecule has 0 unspecified atom stereocenters. The lowest BCUT2D eigenvalue weighted by molar-refractivity contribution is 0.364. The Balaban J connectivity index is 1.88. The van der Waals surface area contributed by atoms with Crippen molar-refractivity contribution in [3.63, 3.8) is 0 Å². The molecule has 7 nitrogen and oxygen atoms in total. The van der Waals surface area contributed by atoms with Gasteiger partial charge in [-0.25, -0.2) is 0 Å². The van der Waals surface area contributed by atoms with E-state index in [1.807, 2.05) is 0 Å². The van der Waals surface area contributed by atoms with Crippen LogP contribution >= 0.6 is 11.6 Å². The molecule has 1 heterocycles. The molecule has 1 aromatic heterocycles. The molecule has 0 aliphatic carbocycles. The quantitative estimate of drug-likeness (QED) is 0.754. The van der Waals surface area contributed by atoms with Crippen LogP contribution in [0.3, 0.4) is 0 Å². The molecule has 23 heavy (non-hydrogen) atoms. The van der Waals surface area contributed by atoms with Crippen LogP contribution in [-0.2, 0) is 0 Å². The minimum atomic E-state index is -0.157. The Bertz CT molecular complexity index is 779. The second-order valence-corrected chi connectivity index (χ2v) is 4.65. The Labute approximate surface area is 135 Å². The Morgan fingerprint density at radius 1 is 0.696 bits per heavy atom. The number of hydrogen-bond donors (Lipinski definition) is 2. The van der Waals surface area contributed by atoms with E-state index in [4.69, 9.17) is 21.1 Å². The monoisotopic (exact) mass is 331 g/mol. The number of ether oxygens (including phenoxy) is 2. The van der Waals surface area contributed by atoms with Gasteiger partial charge >= 0.3 is 12.0 Å². The minimum Gasteiger partial charge on any atom is -0.504 e. The molecular formula is C15H10ClN3O4. The third-order valence-electron chi connectivity index (χ3n) is 2.70. The molecule has 0 amide bonds. The summed E-state index contributed by atoms with van der Waals surface area (Å²) in [7, 11) is 0. The lowest BCUT2D eigenvalue weighted by atomic mass is 10.3. The van der Waals surface area contributed by atoms with E-state index in [2.05, 4.69) is 15.0 Å². The zero-order valence-electron chi connectivity index (χ0n) is 11.5. The molecule has 0 atom stereocenters. The van der Waals surface area contributed by atoms with Crippen LogP contribution in [0.15, 0.2) is 48.5 Å². The number of nitrogens with zero attached hydrogens (tertiary/aromatic N) is 3. The standard InChI is InChI=1S/C15H10ClN3O4/c16-13-17-14(22-11-7-3-1-5-9(11)20)19-15(18-13)23-12-8-4-2-6-10(12)21/h1-8,20-21H. The fourth-order valence-electron chi connectivity index (χ4n) is 1.69. The van der Waals surface area contributed by atoms with E-state index in [-0.39, 0.29) is 40.3 Å². The summed E-state index contributed by atoms with van der Waals surface area (Å²) in [6, 6.07) is 12.3. The third kappa shape index (κ3) is 3.58. The molecule has 0 saturated heterocycles. The van der Waals surface area contributed by atoms with Crippen LogP contribution in [0.4, 0.5) is 0 Å². The number of rotatable bonds is 4. The van der Waals surface area contributed by atoms with Crippen LogP contribution in [0.25, 0.3) is 0 Å². The van der Waals surface area contributed by atoms with Crippen molar-refractivity contribution in [3.05, 3.63) is 53.8 Å². The maximum atomic E-state index is 9.69. The van der Waals surface area contributed by atoms with E-state index in [9.17, 15) is 10.2 Å². The van der Waals surface area contributed by atoms with Gasteiger partial charge in [0.15, 0.2) is 23.0 Å². The lowest BCUT2D eigenvalue weighted by Gasteiger charge is -2.08. The molecular weight excluding hydrogens is 322 g/mol. The smallest absolute Gasteiger partial charge is 0.329 e. The summed E-state index contributed by atoms with van der Waals surface area (Å²) in [4.78, 5) is 11.5. The zero-order valence-corrected chi connectivity index (χ0v) is 12.3. The number of phenolic OH excluding ortho intramolecular Hbond substituents is 2. The number of para-hydroxylation sites is 4. The number of phenols is 2. The highest BCUT2D eigenvalue weighted by atomic mass is 35.5. The van der Waals surface area contributed by atoms with Crippen molar-refractivity contribution < 1.29 is 19.7 Å². The van der Waals surface area contributed by atoms with Gasteiger partial charge in [0, 0.05) is 0 Å². The first-order chi connectivity index (χ1) is 11.1. The highest BCUT2D eigenvalue weighted by Gasteiger charge is 2.12. The van der Waals surface area contributed by atoms with E-state index >= 15 is 0 Å². The van der Waals surface area contributed by atoms with Gasteiger partial charge in [0.05, 0.1) is 0 Å². The van der Waals surface area contributed by atoms with Gasteiger partial charge in [-0.3, -0.25) is 0 Å². The van der Waals surface area contributed by atoms with Crippen LogP contribution in [0.1, 0.15) is 0 Å². The lowest BCUT2D eigenvalue weighted by Crippen LogP contribution is -1.99. The summed E-state index contributed by atoms with van der Waals surface area (Å²) in [5.74, 6) is 0.158. The van der Waals surface area contributed by atoms with Crippen LogP contribution in [0, 0.1) is 0 Å². The fraction of sp³-hybridized carbons (Fsp3) is 0. The van der Waals surface area contributed by atoms with Crippen molar-refractivity contribution in [2.75, 3.05) is 0 Å². The van der Waals surface area contributed by atoms with E-state index in [1.54, 1.807) is 24.3 Å². The van der Waals surface area contributed by atoms with Gasteiger partial charge in [0.2, 0.25) is 5.28 Å². The number of halogens is 1. The first kappa shape index (κ1) is 14.9. The molecule has 0 saturated carbocycles. The first-order valence-corrected chi connectivity index (χ1v) is 6.83. The average molecular weight is 332 g/mol. The Hall–Kier alpha value is -3.06. The van der Waals surface area contributed by atoms with E-state index in [1.165, 1.54) is 24.3 Å². The molecule has 0 fully saturated rings. The number of hydrogen-bond acceptors (Lipinski definition) is 7. The molecule has 116 valence electrons. The summed E-state index contributed by atoms with van der Waals surface area (Å²) in [5, 5.41) is 19.2. The van der Waals surface area contributed by atoms with Crippen LogP contribution in [0.5, 0.6) is 35.0 Å². The van der Waals surface area contributed by atoms with Gasteiger partial charge in [-0.15, -0.1) is 4.98 Å². The topological polar surface area (TPSA) is 97.6 Å². The van der Waals surface area contributed by atoms with Gasteiger partial charge in [-0.05, 0) is 35.9 Å². The van der Waals surface area contributed by atoms with Crippen molar-refractivity contribution in [1.29, 1.82) is 0 Å². The van der Waals surface area contributed by atoms with Crippen LogP contribution < -0.4 is 9.47 Å². The number of benzene rings is 2. The predicted molar refractivity (Wildman–Crippen MR) is 81.2 cm³/mol. The highest BCUT2D eigenvalue weighted by Crippen LogP contribution is 2.31. The Morgan fingerprint density at radius 3 is 1.57 bits per heavy atom. The minimum absolute atomic E-state index is 0.0767. The maximum Gasteiger partial charge on any atom is 0.329 e. The number of aromatic hydroxyl groups is 2. The molecule has 8 heteroatoms. The van der Waals surface area contributed by atoms with Crippen molar-refractivity contribution in [2.45, 2.75) is 0 Å². The normalized spacial score (nSPS) is 10.3. The summed E-state index contributed by atoms with van der Waals surface area (Å²) in [6.07, 6.45) is 0. The Kier molecular flexibility index (Phi) is 4.11. The molecule has 2 aromatic carbocycles. The van der Waals surface area contributed by atoms with Crippen molar-refractivity contribution in [1.82, 2.24) is 15.0 Å². The average Bonchev–Trinajstić information content (AvgIpc) is 2.51. The largest absolute Gasteiger partial charge is 0.504 e. The van der Waals surface area contributed by atoms with E-state index in [0.717, 1.165) is 0 Å². The first-order valence-electron chi connectivity index (χ1n) is 6.45. The van der Waals surface area contributed by atoms with E-state index in [0.29, 0.717) is 0 Å². The molecule has 0 radical (unpaired) electrons. The van der Waals surface area contributed by atoms with E-state index < -0.39 is 0 Å². The second kappa shape index (κ2) is 6.37. The highest BCUT2D eigenvalue weighted by molar-refractivity contribution is 6.28. The second-order valence-electron chi connectivity index (χ2n) is 4.31. The summed E-state index contributed by atoms with van der Waals surface area (Å²) >= 11 is 5.81. The van der Waals surface area contributed by atoms with Gasteiger partial charge in [-0.1, -0.05) is 24.3 Å². The molecule has 0 spiro atoms. The zero-order chi connectivity index (χ0) is 16.2. The van der Waals surface area contributed by atoms with Gasteiger partial charge in [0.1, 0.15) is 0 Å². The summed E-state index contributed by atoms with van der Waals surface area (Å²) in [5.41, 5.74) is 0. The van der Waals surface area contributed by atoms with Gasteiger partial charge in [-0.2, -0.15) is 9.97 Å². The third-order valence-corrected chi connectivity index (χ3v) is 2.87. The summed E-state index contributed by atoms with van der Waals surface area (Å²) in [6.45, 7) is 0. The SMILES string of the molecule is Oc1ccccc1Oc1nc(Cl)nc(Oc2ccccc2O)n1. The van der Waals surface area contributed by atoms with Gasteiger partial charge in [0.25, 0.3) is 0 Å². The Morgan fingerprint density at radius 2 is 1.13 bits per heavy atom. The molecule has 0 aliphatic rings. The van der Waals surface area contributed by atoms with Gasteiger partial charge < -0.3 is 19.7 Å². The maximum absolute atomic E-state index is 9.69. The predicted octanol–water partition coefficient (Wildman–Crippen LogP) is 3.52. The molecule has 3 rings (SSSR count). The van der Waals surface area contributed by atoms with Crippen LogP contribution in [0.2, 0.25) is 5.28 Å². The van der Waals surface area contributed by atoms with Crippen molar-refractivity contribution >= 4 is 11.6 Å². The molecule has 0 bridgehead atoms. The van der Waals surface area contributed by atoms with Crippen molar-refractivity contribution in [3.8, 4) is 35.0 Å². The molecule has 2 N–H and O–H groups in total. The molecule has 0 aliphatic heterocycles. The summed E-state index contributed by atoms with van der Waals surface area (Å²) < 4.78 is 10.7. The fourth-order valence-corrected chi connectivity index (χ4v) is 1.83. The molecule has 3 aromatic rings. The van der Waals surface area contributed by atoms with Crippen molar-refractivity contribution in [2.24, 2.45) is 0 Å². The number of aromatic nitrogens is 3.